The lowest BCUT2D eigenvalue weighted by atomic mass is 10.0. The van der Waals surface area contributed by atoms with Gasteiger partial charge in [0.05, 0.1) is 17.6 Å². The van der Waals surface area contributed by atoms with Crippen molar-refractivity contribution in [2.24, 2.45) is 0 Å². The molecule has 1 N–H and O–H groups in total. The number of likely N-dealkylation sites (tertiary alicyclic amines) is 1. The number of carbonyl (C=O) groups is 1. The molecule has 2 heterocycles. The van der Waals surface area contributed by atoms with Crippen LogP contribution in [-0.2, 0) is 4.74 Å². The molecule has 0 unspecified atom stereocenters. The van der Waals surface area contributed by atoms with Crippen molar-refractivity contribution >= 4 is 22.8 Å². The van der Waals surface area contributed by atoms with Gasteiger partial charge in [-0.25, -0.2) is 14.4 Å². The number of fused-ring (bicyclic) bond motifs is 1. The van der Waals surface area contributed by atoms with Crippen LogP contribution in [0.3, 0.4) is 0 Å². The minimum atomic E-state index is -0.514. The first-order valence-electron chi connectivity index (χ1n) is 8.80. The molecule has 1 aromatic carbocycles. The standard InChI is InChI=1S/C19H24N4O3/c1-12-10-16-15(11-14(12)20-5)21-17(24)23(16)13-6-8-22(9-7-13)18(25)26-19(2,3)4/h10-11,13H,6-9H2,1-4H3,(H,21,24). The molecule has 0 bridgehead atoms. The third-order valence-electron chi connectivity index (χ3n) is 4.64. The second kappa shape index (κ2) is 6.52. The van der Waals surface area contributed by atoms with Crippen LogP contribution >= 0.6 is 0 Å². The van der Waals surface area contributed by atoms with Crippen molar-refractivity contribution in [1.29, 1.82) is 0 Å². The predicted octanol–water partition coefficient (Wildman–Crippen LogP) is 3.76. The van der Waals surface area contributed by atoms with Crippen LogP contribution in [0.4, 0.5) is 10.5 Å². The summed E-state index contributed by atoms with van der Waals surface area (Å²) in [6, 6.07) is 3.64. The Labute approximate surface area is 152 Å². The largest absolute Gasteiger partial charge is 0.444 e. The summed E-state index contributed by atoms with van der Waals surface area (Å²) in [4.78, 5) is 32.7. The molecule has 0 atom stereocenters. The number of rotatable bonds is 1. The lowest BCUT2D eigenvalue weighted by Gasteiger charge is -2.33. The van der Waals surface area contributed by atoms with Gasteiger partial charge in [0.1, 0.15) is 5.60 Å². The first kappa shape index (κ1) is 18.1. The van der Waals surface area contributed by atoms with E-state index in [0.717, 1.165) is 11.1 Å². The van der Waals surface area contributed by atoms with Crippen molar-refractivity contribution in [3.05, 3.63) is 39.6 Å². The second-order valence-electron chi connectivity index (χ2n) is 7.77. The van der Waals surface area contributed by atoms with Gasteiger partial charge in [-0.3, -0.25) is 4.57 Å². The van der Waals surface area contributed by atoms with Gasteiger partial charge < -0.3 is 14.6 Å². The molecule has 7 heteroatoms. The molecular weight excluding hydrogens is 332 g/mol. The Morgan fingerprint density at radius 1 is 1.31 bits per heavy atom. The third kappa shape index (κ3) is 3.45. The van der Waals surface area contributed by atoms with Gasteiger partial charge in [0.2, 0.25) is 0 Å². The number of amides is 1. The number of aryl methyl sites for hydroxylation is 1. The quantitative estimate of drug-likeness (QED) is 0.791. The molecule has 0 aliphatic carbocycles. The molecule has 1 saturated heterocycles. The van der Waals surface area contributed by atoms with Crippen LogP contribution in [0.15, 0.2) is 16.9 Å². The van der Waals surface area contributed by atoms with E-state index in [4.69, 9.17) is 11.3 Å². The molecule has 3 rings (SSSR count). The number of aromatic amines is 1. The van der Waals surface area contributed by atoms with Crippen molar-refractivity contribution in [2.75, 3.05) is 13.1 Å². The van der Waals surface area contributed by atoms with Gasteiger partial charge in [-0.2, -0.15) is 0 Å². The number of imidazole rings is 1. The Balaban J connectivity index is 1.81. The molecule has 2 aromatic rings. The third-order valence-corrected chi connectivity index (χ3v) is 4.64. The molecule has 26 heavy (non-hydrogen) atoms. The molecule has 0 saturated carbocycles. The first-order chi connectivity index (χ1) is 12.2. The number of aromatic nitrogens is 2. The fraction of sp³-hybridized carbons (Fsp3) is 0.526. The summed E-state index contributed by atoms with van der Waals surface area (Å²) < 4.78 is 7.19. The number of nitrogens with zero attached hydrogens (tertiary/aromatic N) is 3. The van der Waals surface area contributed by atoms with Crippen molar-refractivity contribution in [2.45, 2.75) is 52.2 Å². The van der Waals surface area contributed by atoms with Gasteiger partial charge >= 0.3 is 11.8 Å². The number of ether oxygens (including phenoxy) is 1. The first-order valence-corrected chi connectivity index (χ1v) is 8.80. The van der Waals surface area contributed by atoms with E-state index in [0.29, 0.717) is 37.1 Å². The number of carbonyl (C=O) groups excluding carboxylic acids is 1. The summed E-state index contributed by atoms with van der Waals surface area (Å²) in [5, 5.41) is 0. The topological polar surface area (TPSA) is 71.7 Å². The number of H-pyrrole nitrogens is 1. The van der Waals surface area contributed by atoms with Crippen LogP contribution in [0.2, 0.25) is 0 Å². The number of piperidine rings is 1. The molecule has 0 spiro atoms. The monoisotopic (exact) mass is 356 g/mol. The van der Waals surface area contributed by atoms with Gasteiger partial charge in [-0.15, -0.1) is 0 Å². The Morgan fingerprint density at radius 3 is 2.54 bits per heavy atom. The van der Waals surface area contributed by atoms with E-state index >= 15 is 0 Å². The van der Waals surface area contributed by atoms with E-state index in [9.17, 15) is 9.59 Å². The highest BCUT2D eigenvalue weighted by molar-refractivity contribution is 5.82. The minimum absolute atomic E-state index is 0.0214. The molecule has 1 fully saturated rings. The normalized spacial score (nSPS) is 15.9. The van der Waals surface area contributed by atoms with Crippen LogP contribution in [-0.4, -0.2) is 39.2 Å². The highest BCUT2D eigenvalue weighted by Crippen LogP contribution is 2.29. The lowest BCUT2D eigenvalue weighted by molar-refractivity contribution is 0.0189. The Kier molecular flexibility index (Phi) is 4.53. The highest BCUT2D eigenvalue weighted by Gasteiger charge is 2.29. The van der Waals surface area contributed by atoms with Crippen molar-refractivity contribution in [3.8, 4) is 0 Å². The zero-order chi connectivity index (χ0) is 19.1. The molecule has 1 aromatic heterocycles. The Morgan fingerprint density at radius 2 is 1.96 bits per heavy atom. The van der Waals surface area contributed by atoms with E-state index < -0.39 is 5.60 Å². The van der Waals surface area contributed by atoms with E-state index in [1.165, 1.54) is 0 Å². The number of nitrogens with one attached hydrogen (secondary N) is 1. The summed E-state index contributed by atoms with van der Waals surface area (Å²) in [6.07, 6.45) is 1.07. The minimum Gasteiger partial charge on any atom is -0.444 e. The summed E-state index contributed by atoms with van der Waals surface area (Å²) >= 11 is 0. The average molecular weight is 356 g/mol. The molecular formula is C19H24N4O3. The number of benzene rings is 1. The van der Waals surface area contributed by atoms with Crippen LogP contribution in [0.25, 0.3) is 15.9 Å². The van der Waals surface area contributed by atoms with Crippen molar-refractivity contribution in [1.82, 2.24) is 14.5 Å². The van der Waals surface area contributed by atoms with Gasteiger partial charge in [0.15, 0.2) is 5.69 Å². The number of hydrogen-bond donors (Lipinski definition) is 1. The van der Waals surface area contributed by atoms with E-state index in [2.05, 4.69) is 9.83 Å². The zero-order valence-corrected chi connectivity index (χ0v) is 15.6. The zero-order valence-electron chi connectivity index (χ0n) is 15.6. The maximum Gasteiger partial charge on any atom is 0.410 e. The van der Waals surface area contributed by atoms with Crippen LogP contribution < -0.4 is 5.69 Å². The molecule has 1 aliphatic rings. The van der Waals surface area contributed by atoms with E-state index in [-0.39, 0.29) is 17.8 Å². The summed E-state index contributed by atoms with van der Waals surface area (Å²) in [5.41, 5.74) is 2.21. The molecule has 7 nitrogen and oxygen atoms in total. The van der Waals surface area contributed by atoms with Crippen molar-refractivity contribution in [3.63, 3.8) is 0 Å². The fourth-order valence-electron chi connectivity index (χ4n) is 3.38. The molecule has 138 valence electrons. The van der Waals surface area contributed by atoms with Crippen LogP contribution in [0.1, 0.15) is 45.2 Å². The summed E-state index contributed by atoms with van der Waals surface area (Å²) in [7, 11) is 0. The van der Waals surface area contributed by atoms with Gasteiger partial charge in [0.25, 0.3) is 0 Å². The van der Waals surface area contributed by atoms with Gasteiger partial charge in [0, 0.05) is 19.1 Å². The van der Waals surface area contributed by atoms with E-state index in [1.54, 1.807) is 15.5 Å². The predicted molar refractivity (Wildman–Crippen MR) is 99.6 cm³/mol. The summed E-state index contributed by atoms with van der Waals surface area (Å²) in [6.45, 7) is 15.7. The van der Waals surface area contributed by atoms with Crippen molar-refractivity contribution < 1.29 is 9.53 Å². The maximum atomic E-state index is 12.5. The smallest absolute Gasteiger partial charge is 0.410 e. The molecule has 0 radical (unpaired) electrons. The van der Waals surface area contributed by atoms with Crippen LogP contribution in [0, 0.1) is 13.5 Å². The maximum absolute atomic E-state index is 12.5. The SMILES string of the molecule is [C-]#[N+]c1cc2[nH]c(=O)n(C3CCN(C(=O)OC(C)(C)C)CC3)c2cc1C. The van der Waals surface area contributed by atoms with E-state index in [1.807, 2.05) is 33.8 Å². The summed E-state index contributed by atoms with van der Waals surface area (Å²) in [5.74, 6) is 0. The fourth-order valence-corrected chi connectivity index (χ4v) is 3.38. The highest BCUT2D eigenvalue weighted by atomic mass is 16.6. The van der Waals surface area contributed by atoms with Gasteiger partial charge in [-0.1, -0.05) is 0 Å². The average Bonchev–Trinajstić information content (AvgIpc) is 2.87. The van der Waals surface area contributed by atoms with Gasteiger partial charge in [-0.05, 0) is 58.2 Å². The van der Waals surface area contributed by atoms with Crippen LogP contribution in [0.5, 0.6) is 0 Å². The Hall–Kier alpha value is -2.75. The molecule has 1 amide bonds. The Bertz CT molecular complexity index is 935. The number of hydrogen-bond acceptors (Lipinski definition) is 3. The second-order valence-corrected chi connectivity index (χ2v) is 7.77. The molecule has 1 aliphatic heterocycles. The lowest BCUT2D eigenvalue weighted by Crippen LogP contribution is -2.43.